The van der Waals surface area contributed by atoms with Crippen LogP contribution in [0.5, 0.6) is 0 Å². The van der Waals surface area contributed by atoms with Crippen LogP contribution >= 0.6 is 0 Å². The van der Waals surface area contributed by atoms with E-state index in [1.54, 1.807) is 13.3 Å². The van der Waals surface area contributed by atoms with Crippen molar-refractivity contribution in [3.8, 4) is 0 Å². The Bertz CT molecular complexity index is 315. The third-order valence-electron chi connectivity index (χ3n) is 2.22. The van der Waals surface area contributed by atoms with Crippen molar-refractivity contribution >= 4 is 5.82 Å². The van der Waals surface area contributed by atoms with E-state index in [1.807, 2.05) is 13.1 Å². The third-order valence-corrected chi connectivity index (χ3v) is 2.22. The van der Waals surface area contributed by atoms with E-state index in [-0.39, 0.29) is 0 Å². The molecule has 90 valence electrons. The van der Waals surface area contributed by atoms with Gasteiger partial charge < -0.3 is 9.64 Å². The van der Waals surface area contributed by atoms with Gasteiger partial charge in [0.2, 0.25) is 0 Å². The van der Waals surface area contributed by atoms with Crippen LogP contribution in [0.4, 0.5) is 5.82 Å². The normalized spacial score (nSPS) is 10.8. The second-order valence-electron chi connectivity index (χ2n) is 4.35. The fourth-order valence-electron chi connectivity index (χ4n) is 1.54. The molecule has 0 spiro atoms. The minimum Gasteiger partial charge on any atom is -0.383 e. The molecule has 4 heteroatoms. The molecule has 0 saturated carbocycles. The fourth-order valence-corrected chi connectivity index (χ4v) is 1.54. The zero-order chi connectivity index (χ0) is 12.0. The Morgan fingerprint density at radius 1 is 1.38 bits per heavy atom. The van der Waals surface area contributed by atoms with Crippen LogP contribution in [0.3, 0.4) is 0 Å². The van der Waals surface area contributed by atoms with Crippen LogP contribution < -0.4 is 4.90 Å². The molecule has 1 aromatic heterocycles. The average Bonchev–Trinajstić information content (AvgIpc) is 2.23. The number of aryl methyl sites for hydroxylation is 1. The fraction of sp³-hybridized carbons (Fsp3) is 0.667. The number of rotatable bonds is 6. The largest absolute Gasteiger partial charge is 0.383 e. The van der Waals surface area contributed by atoms with E-state index in [9.17, 15) is 0 Å². The highest BCUT2D eigenvalue weighted by atomic mass is 16.5. The van der Waals surface area contributed by atoms with Gasteiger partial charge in [-0.2, -0.15) is 0 Å². The van der Waals surface area contributed by atoms with E-state index in [0.29, 0.717) is 12.5 Å². The lowest BCUT2D eigenvalue weighted by atomic mass is 10.2. The Hall–Kier alpha value is -1.16. The highest BCUT2D eigenvalue weighted by molar-refractivity contribution is 5.36. The zero-order valence-corrected chi connectivity index (χ0v) is 10.6. The first-order chi connectivity index (χ1) is 7.63. The third kappa shape index (κ3) is 4.14. The molecule has 0 amide bonds. The molecule has 0 aliphatic rings. The predicted molar refractivity (Wildman–Crippen MR) is 65.7 cm³/mol. The van der Waals surface area contributed by atoms with Gasteiger partial charge in [0.1, 0.15) is 5.82 Å². The molecule has 1 heterocycles. The lowest BCUT2D eigenvalue weighted by Crippen LogP contribution is -2.31. The molecule has 0 N–H and O–H groups in total. The molecule has 0 radical (unpaired) electrons. The maximum absolute atomic E-state index is 5.12. The van der Waals surface area contributed by atoms with Gasteiger partial charge >= 0.3 is 0 Å². The molecule has 0 bridgehead atoms. The summed E-state index contributed by atoms with van der Waals surface area (Å²) in [6, 6.07) is 0. The van der Waals surface area contributed by atoms with Gasteiger partial charge in [-0.05, 0) is 12.8 Å². The molecular weight excluding hydrogens is 202 g/mol. The van der Waals surface area contributed by atoms with Crippen molar-refractivity contribution in [1.29, 1.82) is 0 Å². The standard InChI is InChI=1S/C12H21N3O/c1-10(2)9-15(5-6-16-4)12-8-13-7-11(3)14-12/h7-8,10H,5-6,9H2,1-4H3. The minimum atomic E-state index is 0.596. The van der Waals surface area contributed by atoms with E-state index in [4.69, 9.17) is 4.74 Å². The van der Waals surface area contributed by atoms with Gasteiger partial charge in [0.05, 0.1) is 18.5 Å². The summed E-state index contributed by atoms with van der Waals surface area (Å²) < 4.78 is 5.12. The monoisotopic (exact) mass is 223 g/mol. The van der Waals surface area contributed by atoms with Crippen molar-refractivity contribution < 1.29 is 4.74 Å². The van der Waals surface area contributed by atoms with Crippen molar-refractivity contribution in [2.75, 3.05) is 31.7 Å². The predicted octanol–water partition coefficient (Wildman–Crippen LogP) is 1.89. The molecular formula is C12H21N3O. The van der Waals surface area contributed by atoms with Gasteiger partial charge in [0, 0.05) is 26.4 Å². The van der Waals surface area contributed by atoms with Gasteiger partial charge in [-0.3, -0.25) is 4.98 Å². The van der Waals surface area contributed by atoms with Crippen molar-refractivity contribution in [3.05, 3.63) is 18.1 Å². The van der Waals surface area contributed by atoms with E-state index in [2.05, 4.69) is 28.7 Å². The maximum atomic E-state index is 5.12. The van der Waals surface area contributed by atoms with Crippen LogP contribution in [0, 0.1) is 12.8 Å². The van der Waals surface area contributed by atoms with Gasteiger partial charge in [0.15, 0.2) is 0 Å². The molecule has 4 nitrogen and oxygen atoms in total. The first kappa shape index (κ1) is 12.9. The molecule has 0 atom stereocenters. The van der Waals surface area contributed by atoms with Gasteiger partial charge in [0.25, 0.3) is 0 Å². The smallest absolute Gasteiger partial charge is 0.147 e. The first-order valence-electron chi connectivity index (χ1n) is 5.66. The molecule has 0 fully saturated rings. The van der Waals surface area contributed by atoms with Crippen molar-refractivity contribution in [2.45, 2.75) is 20.8 Å². The number of nitrogens with zero attached hydrogens (tertiary/aromatic N) is 3. The number of aromatic nitrogens is 2. The molecule has 1 aromatic rings. The lowest BCUT2D eigenvalue weighted by molar-refractivity contribution is 0.204. The Morgan fingerprint density at radius 2 is 2.12 bits per heavy atom. The first-order valence-corrected chi connectivity index (χ1v) is 5.66. The summed E-state index contributed by atoms with van der Waals surface area (Å²) in [6.45, 7) is 8.89. The summed E-state index contributed by atoms with van der Waals surface area (Å²) >= 11 is 0. The van der Waals surface area contributed by atoms with E-state index in [1.165, 1.54) is 0 Å². The minimum absolute atomic E-state index is 0.596. The summed E-state index contributed by atoms with van der Waals surface area (Å²) in [7, 11) is 1.72. The molecule has 1 rings (SSSR count). The van der Waals surface area contributed by atoms with Crippen LogP contribution in [0.25, 0.3) is 0 Å². The van der Waals surface area contributed by atoms with Crippen LogP contribution in [0.2, 0.25) is 0 Å². The summed E-state index contributed by atoms with van der Waals surface area (Å²) in [5.74, 6) is 1.53. The molecule has 0 aliphatic carbocycles. The second-order valence-corrected chi connectivity index (χ2v) is 4.35. The molecule has 0 unspecified atom stereocenters. The van der Waals surface area contributed by atoms with Gasteiger partial charge in [-0.25, -0.2) is 4.98 Å². The Kier molecular flexibility index (Phi) is 5.19. The summed E-state index contributed by atoms with van der Waals surface area (Å²) in [6.07, 6.45) is 3.58. The van der Waals surface area contributed by atoms with Crippen molar-refractivity contribution in [3.63, 3.8) is 0 Å². The van der Waals surface area contributed by atoms with Crippen molar-refractivity contribution in [2.24, 2.45) is 5.92 Å². The van der Waals surface area contributed by atoms with Gasteiger partial charge in [-0.1, -0.05) is 13.8 Å². The number of methoxy groups -OCH3 is 1. The number of hydrogen-bond donors (Lipinski definition) is 0. The van der Waals surface area contributed by atoms with E-state index in [0.717, 1.165) is 24.6 Å². The van der Waals surface area contributed by atoms with Crippen LogP contribution in [-0.4, -0.2) is 36.8 Å². The average molecular weight is 223 g/mol. The summed E-state index contributed by atoms with van der Waals surface area (Å²) in [5.41, 5.74) is 0.948. The van der Waals surface area contributed by atoms with E-state index >= 15 is 0 Å². The Labute approximate surface area is 97.7 Å². The number of ether oxygens (including phenoxy) is 1. The van der Waals surface area contributed by atoms with Crippen LogP contribution in [-0.2, 0) is 4.74 Å². The summed E-state index contributed by atoms with van der Waals surface area (Å²) in [5, 5.41) is 0. The van der Waals surface area contributed by atoms with Gasteiger partial charge in [-0.15, -0.1) is 0 Å². The summed E-state index contributed by atoms with van der Waals surface area (Å²) in [4.78, 5) is 10.9. The molecule has 0 aromatic carbocycles. The molecule has 0 saturated heterocycles. The number of anilines is 1. The Morgan fingerprint density at radius 3 is 2.69 bits per heavy atom. The molecule has 0 aliphatic heterocycles. The van der Waals surface area contributed by atoms with Crippen LogP contribution in [0.1, 0.15) is 19.5 Å². The highest BCUT2D eigenvalue weighted by Crippen LogP contribution is 2.11. The SMILES string of the molecule is COCCN(CC(C)C)c1cncc(C)n1. The maximum Gasteiger partial charge on any atom is 0.147 e. The van der Waals surface area contributed by atoms with Crippen molar-refractivity contribution in [1.82, 2.24) is 9.97 Å². The quantitative estimate of drug-likeness (QED) is 0.738. The van der Waals surface area contributed by atoms with Crippen LogP contribution in [0.15, 0.2) is 12.4 Å². The highest BCUT2D eigenvalue weighted by Gasteiger charge is 2.10. The number of hydrogen-bond acceptors (Lipinski definition) is 4. The molecule has 16 heavy (non-hydrogen) atoms. The zero-order valence-electron chi connectivity index (χ0n) is 10.6. The topological polar surface area (TPSA) is 38.2 Å². The van der Waals surface area contributed by atoms with E-state index < -0.39 is 0 Å². The Balaban J connectivity index is 2.74. The second kappa shape index (κ2) is 6.43. The lowest BCUT2D eigenvalue weighted by Gasteiger charge is -2.25.